The largest absolute Gasteiger partial charge is 0.462 e. The third kappa shape index (κ3) is 3.85. The van der Waals surface area contributed by atoms with E-state index in [2.05, 4.69) is 14.8 Å². The van der Waals surface area contributed by atoms with E-state index in [9.17, 15) is 14.4 Å². The number of amides is 2. The Labute approximate surface area is 170 Å². The smallest absolute Gasteiger partial charge is 0.339 e. The molecule has 3 fully saturated rings. The average Bonchev–Trinajstić information content (AvgIpc) is 3.29. The van der Waals surface area contributed by atoms with E-state index in [0.29, 0.717) is 25.3 Å². The van der Waals surface area contributed by atoms with Gasteiger partial charge in [-0.1, -0.05) is 12.8 Å². The van der Waals surface area contributed by atoms with Crippen molar-refractivity contribution < 1.29 is 19.1 Å². The Kier molecular flexibility index (Phi) is 5.54. The molecule has 0 radical (unpaired) electrons. The molecule has 29 heavy (non-hydrogen) atoms. The molecule has 156 valence electrons. The number of imide groups is 1. The first-order valence-electron chi connectivity index (χ1n) is 10.5. The molecule has 2 saturated heterocycles. The Morgan fingerprint density at radius 2 is 1.86 bits per heavy atom. The van der Waals surface area contributed by atoms with Crippen LogP contribution in [0.15, 0.2) is 18.3 Å². The molecule has 1 spiro atoms. The highest BCUT2D eigenvalue weighted by Crippen LogP contribution is 2.46. The monoisotopic (exact) mass is 400 g/mol. The van der Waals surface area contributed by atoms with Crippen LogP contribution < -0.4 is 4.90 Å². The van der Waals surface area contributed by atoms with Crippen molar-refractivity contribution in [3.63, 3.8) is 0 Å². The number of esters is 1. The Hall–Kier alpha value is -2.48. The molecule has 0 N–H and O–H groups in total. The molecular weight excluding hydrogens is 372 g/mol. The van der Waals surface area contributed by atoms with Gasteiger partial charge in [0.1, 0.15) is 5.82 Å². The summed E-state index contributed by atoms with van der Waals surface area (Å²) in [6, 6.07) is 3.56. The SMILES string of the molecule is CCOC(=O)c1ccc(N2CCN(CN3C(=O)CC4(CCCC4)C3=O)CC2)nc1. The fourth-order valence-corrected chi connectivity index (χ4v) is 4.67. The lowest BCUT2D eigenvalue weighted by molar-refractivity contribution is -0.143. The van der Waals surface area contributed by atoms with Gasteiger partial charge in [-0.15, -0.1) is 0 Å². The summed E-state index contributed by atoms with van der Waals surface area (Å²) in [5.41, 5.74) is 0.0462. The highest BCUT2D eigenvalue weighted by atomic mass is 16.5. The van der Waals surface area contributed by atoms with Crippen molar-refractivity contribution in [1.29, 1.82) is 0 Å². The average molecular weight is 400 g/mol. The maximum Gasteiger partial charge on any atom is 0.339 e. The van der Waals surface area contributed by atoms with E-state index in [0.717, 1.165) is 57.7 Å². The minimum atomic E-state index is -0.399. The van der Waals surface area contributed by atoms with Crippen molar-refractivity contribution in [2.75, 3.05) is 44.4 Å². The number of hydrogen-bond donors (Lipinski definition) is 0. The first-order chi connectivity index (χ1) is 14.0. The molecule has 1 saturated carbocycles. The molecule has 1 aromatic rings. The van der Waals surface area contributed by atoms with Gasteiger partial charge in [-0.2, -0.15) is 0 Å². The number of nitrogens with zero attached hydrogens (tertiary/aromatic N) is 4. The molecule has 8 nitrogen and oxygen atoms in total. The van der Waals surface area contributed by atoms with Crippen molar-refractivity contribution in [2.45, 2.75) is 39.0 Å². The predicted molar refractivity (Wildman–Crippen MR) is 106 cm³/mol. The van der Waals surface area contributed by atoms with Gasteiger partial charge in [0.25, 0.3) is 0 Å². The van der Waals surface area contributed by atoms with Gasteiger partial charge >= 0.3 is 5.97 Å². The first kappa shape index (κ1) is 19.8. The number of anilines is 1. The Morgan fingerprint density at radius 3 is 2.48 bits per heavy atom. The second-order valence-corrected chi connectivity index (χ2v) is 8.16. The summed E-state index contributed by atoms with van der Waals surface area (Å²) < 4.78 is 4.98. The van der Waals surface area contributed by atoms with Gasteiger partial charge in [-0.25, -0.2) is 9.78 Å². The molecule has 3 aliphatic rings. The topological polar surface area (TPSA) is 83.0 Å². The minimum Gasteiger partial charge on any atom is -0.462 e. The van der Waals surface area contributed by atoms with Crippen LogP contribution in [0.2, 0.25) is 0 Å². The maximum atomic E-state index is 12.9. The second kappa shape index (κ2) is 8.10. The van der Waals surface area contributed by atoms with Gasteiger partial charge in [0, 0.05) is 38.8 Å². The normalized spacial score (nSPS) is 22.0. The fraction of sp³-hybridized carbons (Fsp3) is 0.619. The van der Waals surface area contributed by atoms with E-state index in [1.807, 2.05) is 6.07 Å². The second-order valence-electron chi connectivity index (χ2n) is 8.16. The van der Waals surface area contributed by atoms with Crippen molar-refractivity contribution in [3.05, 3.63) is 23.9 Å². The molecular formula is C21H28N4O4. The number of ether oxygens (including phenoxy) is 1. The number of hydrogen-bond acceptors (Lipinski definition) is 7. The van der Waals surface area contributed by atoms with Crippen molar-refractivity contribution in [2.24, 2.45) is 5.41 Å². The van der Waals surface area contributed by atoms with Crippen LogP contribution >= 0.6 is 0 Å². The van der Waals surface area contributed by atoms with Gasteiger partial charge in [0.15, 0.2) is 0 Å². The van der Waals surface area contributed by atoms with Crippen LogP contribution in [0.1, 0.15) is 49.4 Å². The number of carbonyl (C=O) groups is 3. The number of likely N-dealkylation sites (tertiary alicyclic amines) is 1. The van der Waals surface area contributed by atoms with Crippen molar-refractivity contribution in [3.8, 4) is 0 Å². The highest BCUT2D eigenvalue weighted by Gasteiger charge is 2.52. The van der Waals surface area contributed by atoms with Crippen LogP contribution in [0.3, 0.4) is 0 Å². The maximum absolute atomic E-state index is 12.9. The van der Waals surface area contributed by atoms with Crippen LogP contribution in [0.4, 0.5) is 5.82 Å². The van der Waals surface area contributed by atoms with Gasteiger partial charge in [-0.3, -0.25) is 19.4 Å². The van der Waals surface area contributed by atoms with Crippen molar-refractivity contribution >= 4 is 23.6 Å². The lowest BCUT2D eigenvalue weighted by atomic mass is 9.85. The predicted octanol–water partition coefficient (Wildman–Crippen LogP) is 1.66. The van der Waals surface area contributed by atoms with E-state index in [1.165, 1.54) is 4.90 Å². The van der Waals surface area contributed by atoms with E-state index in [4.69, 9.17) is 4.74 Å². The third-order valence-corrected chi connectivity index (χ3v) is 6.35. The summed E-state index contributed by atoms with van der Waals surface area (Å²) in [4.78, 5) is 47.2. The zero-order valence-electron chi connectivity index (χ0n) is 16.9. The van der Waals surface area contributed by atoms with Crippen LogP contribution in [0.25, 0.3) is 0 Å². The molecule has 4 rings (SSSR count). The number of carbonyl (C=O) groups excluding carboxylic acids is 3. The molecule has 8 heteroatoms. The Balaban J connectivity index is 1.31. The summed E-state index contributed by atoms with van der Waals surface area (Å²) >= 11 is 0. The molecule has 1 aromatic heterocycles. The standard InChI is InChI=1S/C21H28N4O4/c1-2-29-19(27)16-5-6-17(22-14-16)24-11-9-23(10-12-24)15-25-18(26)13-21(20(25)28)7-3-4-8-21/h5-6,14H,2-4,7-13,15H2,1H3. The molecule has 0 unspecified atom stereocenters. The summed E-state index contributed by atoms with van der Waals surface area (Å²) in [6.07, 6.45) is 5.75. The van der Waals surface area contributed by atoms with E-state index >= 15 is 0 Å². The van der Waals surface area contributed by atoms with Gasteiger partial charge in [0.05, 0.1) is 24.3 Å². The first-order valence-corrected chi connectivity index (χ1v) is 10.5. The zero-order chi connectivity index (χ0) is 20.4. The summed E-state index contributed by atoms with van der Waals surface area (Å²) in [7, 11) is 0. The summed E-state index contributed by atoms with van der Waals surface area (Å²) in [6.45, 7) is 5.53. The molecule has 2 amide bonds. The van der Waals surface area contributed by atoms with Crippen LogP contribution in [0.5, 0.6) is 0 Å². The van der Waals surface area contributed by atoms with Crippen LogP contribution in [-0.4, -0.2) is 72.0 Å². The molecule has 0 atom stereocenters. The van der Waals surface area contributed by atoms with Gasteiger partial charge < -0.3 is 9.64 Å². The zero-order valence-corrected chi connectivity index (χ0v) is 16.9. The number of aromatic nitrogens is 1. The molecule has 1 aliphatic carbocycles. The van der Waals surface area contributed by atoms with Crippen LogP contribution in [0, 0.1) is 5.41 Å². The molecule has 0 bridgehead atoms. The molecule has 2 aliphatic heterocycles. The Bertz CT molecular complexity index is 780. The number of pyridine rings is 1. The lowest BCUT2D eigenvalue weighted by Crippen LogP contribution is -2.51. The van der Waals surface area contributed by atoms with E-state index in [-0.39, 0.29) is 17.8 Å². The third-order valence-electron chi connectivity index (χ3n) is 6.35. The minimum absolute atomic E-state index is 0.0180. The molecule has 0 aromatic carbocycles. The number of piperazine rings is 1. The lowest BCUT2D eigenvalue weighted by Gasteiger charge is -2.37. The highest BCUT2D eigenvalue weighted by molar-refractivity contribution is 6.06. The van der Waals surface area contributed by atoms with E-state index in [1.54, 1.807) is 19.2 Å². The van der Waals surface area contributed by atoms with Crippen LogP contribution in [-0.2, 0) is 14.3 Å². The van der Waals surface area contributed by atoms with Gasteiger partial charge in [0.2, 0.25) is 11.8 Å². The van der Waals surface area contributed by atoms with Crippen molar-refractivity contribution in [1.82, 2.24) is 14.8 Å². The van der Waals surface area contributed by atoms with E-state index < -0.39 is 5.41 Å². The Morgan fingerprint density at radius 1 is 1.14 bits per heavy atom. The summed E-state index contributed by atoms with van der Waals surface area (Å²) in [5, 5.41) is 0. The number of rotatable bonds is 5. The molecule has 3 heterocycles. The van der Waals surface area contributed by atoms with Gasteiger partial charge in [-0.05, 0) is 31.9 Å². The quantitative estimate of drug-likeness (QED) is 0.549. The summed E-state index contributed by atoms with van der Waals surface area (Å²) in [5.74, 6) is 0.474. The fourth-order valence-electron chi connectivity index (χ4n) is 4.67.